The Kier molecular flexibility index (Phi) is 3.89. The number of rotatable bonds is 1. The summed E-state index contributed by atoms with van der Waals surface area (Å²) in [7, 11) is 0. The quantitative estimate of drug-likeness (QED) is 0.361. The van der Waals surface area contributed by atoms with Crippen molar-refractivity contribution >= 4 is 0 Å². The lowest BCUT2D eigenvalue weighted by Crippen LogP contribution is -2.01. The van der Waals surface area contributed by atoms with Crippen LogP contribution in [0.5, 0.6) is 0 Å². The van der Waals surface area contributed by atoms with Gasteiger partial charge in [-0.15, -0.1) is 0 Å². The summed E-state index contributed by atoms with van der Waals surface area (Å²) < 4.78 is 0. The summed E-state index contributed by atoms with van der Waals surface area (Å²) in [5.41, 5.74) is 0. The molecule has 0 bridgehead atoms. The summed E-state index contributed by atoms with van der Waals surface area (Å²) in [5.74, 6) is 2.71. The first kappa shape index (κ1) is 5.36. The van der Waals surface area contributed by atoms with Gasteiger partial charge in [0.1, 0.15) is 0 Å². The minimum absolute atomic E-state index is 0.931. The molecule has 0 rings (SSSR count). The predicted molar refractivity (Wildman–Crippen MR) is 27.1 cm³/mol. The highest BCUT2D eigenvalue weighted by Gasteiger charge is 1.56. The van der Waals surface area contributed by atoms with Crippen LogP contribution in [0.15, 0.2) is 0 Å². The maximum Gasteiger partial charge on any atom is 0.0201 e. The van der Waals surface area contributed by atoms with E-state index in [9.17, 15) is 0 Å². The van der Waals surface area contributed by atoms with Crippen LogP contribution in [0.2, 0.25) is 0 Å². The highest BCUT2D eigenvalue weighted by atomic mass is 14.8. The average Bonchev–Trinajstić information content (AvgIpc) is 1.61. The van der Waals surface area contributed by atoms with Crippen molar-refractivity contribution in [3.05, 3.63) is 0 Å². The van der Waals surface area contributed by atoms with Gasteiger partial charge in [-0.2, -0.15) is 0 Å². The van der Waals surface area contributed by atoms with Crippen molar-refractivity contribution in [2.75, 3.05) is 6.54 Å². The van der Waals surface area contributed by atoms with Gasteiger partial charge in [-0.25, -0.2) is 0 Å². The molecular formula is C5H9N. The van der Waals surface area contributed by atoms with Gasteiger partial charge in [-0.3, -0.25) is 0 Å². The van der Waals surface area contributed by atoms with E-state index in [1.165, 1.54) is 0 Å². The van der Waals surface area contributed by atoms with E-state index in [0.717, 1.165) is 6.54 Å². The van der Waals surface area contributed by atoms with Crippen LogP contribution < -0.4 is 5.32 Å². The molecule has 1 N–H and O–H groups in total. The average molecular weight is 83.1 g/mol. The van der Waals surface area contributed by atoms with Crippen LogP contribution in [0.25, 0.3) is 0 Å². The topological polar surface area (TPSA) is 12.0 Å². The molecule has 0 aliphatic heterocycles. The second kappa shape index (κ2) is 4.36. The Balaban J connectivity index is 2.79. The molecular weight excluding hydrogens is 74.1 g/mol. The molecule has 0 unspecified atom stereocenters. The zero-order valence-corrected chi connectivity index (χ0v) is 4.21. The smallest absolute Gasteiger partial charge is 0.0201 e. The SMILES string of the molecule is CC#CNCC. The van der Waals surface area contributed by atoms with Crippen LogP contribution in [-0.4, -0.2) is 6.54 Å². The molecule has 1 heteroatoms. The van der Waals surface area contributed by atoms with Gasteiger partial charge in [0.05, 0.1) is 0 Å². The Morgan fingerprint density at radius 2 is 2.33 bits per heavy atom. The first-order valence-corrected chi connectivity index (χ1v) is 2.06. The molecule has 1 nitrogen and oxygen atoms in total. The highest BCUT2D eigenvalue weighted by molar-refractivity contribution is 4.91. The van der Waals surface area contributed by atoms with Crippen LogP contribution in [-0.2, 0) is 0 Å². The highest BCUT2D eigenvalue weighted by Crippen LogP contribution is 1.45. The molecule has 0 fully saturated rings. The van der Waals surface area contributed by atoms with E-state index in [4.69, 9.17) is 0 Å². The molecule has 0 aromatic rings. The fourth-order valence-electron chi connectivity index (χ4n) is 0.177. The van der Waals surface area contributed by atoms with Crippen molar-refractivity contribution in [1.82, 2.24) is 5.32 Å². The molecule has 0 aromatic heterocycles. The normalized spacial score (nSPS) is 5.67. The third-order valence-electron chi connectivity index (χ3n) is 0.390. The number of hydrogen-bond acceptors (Lipinski definition) is 1. The summed E-state index contributed by atoms with van der Waals surface area (Å²) in [6.07, 6.45) is 0. The van der Waals surface area contributed by atoms with E-state index in [1.54, 1.807) is 0 Å². The van der Waals surface area contributed by atoms with Gasteiger partial charge in [0.15, 0.2) is 0 Å². The lowest BCUT2D eigenvalue weighted by molar-refractivity contribution is 0.952. The van der Waals surface area contributed by atoms with E-state index in [0.29, 0.717) is 0 Å². The third-order valence-corrected chi connectivity index (χ3v) is 0.390. The molecule has 0 aromatic carbocycles. The van der Waals surface area contributed by atoms with Crippen LogP contribution >= 0.6 is 0 Å². The predicted octanol–water partition coefficient (Wildman–Crippen LogP) is 0.577. The van der Waals surface area contributed by atoms with E-state index in [-0.39, 0.29) is 0 Å². The summed E-state index contributed by atoms with van der Waals surface area (Å²) in [6, 6.07) is 2.70. The second-order valence-electron chi connectivity index (χ2n) is 0.905. The van der Waals surface area contributed by atoms with Crippen molar-refractivity contribution in [2.45, 2.75) is 13.8 Å². The summed E-state index contributed by atoms with van der Waals surface area (Å²) in [4.78, 5) is 0. The standard InChI is InChI=1S/C5H9N/c1-3-5-6-4-2/h6H,4H2,1-2H3. The Morgan fingerprint density at radius 1 is 1.67 bits per heavy atom. The van der Waals surface area contributed by atoms with Crippen LogP contribution in [0, 0.1) is 12.0 Å². The van der Waals surface area contributed by atoms with E-state index in [1.807, 2.05) is 13.8 Å². The maximum atomic E-state index is 2.84. The monoisotopic (exact) mass is 83.1 g/mol. The molecule has 0 aliphatic carbocycles. The molecule has 34 valence electrons. The molecule has 0 radical (unpaired) electrons. The van der Waals surface area contributed by atoms with E-state index >= 15 is 0 Å². The van der Waals surface area contributed by atoms with Gasteiger partial charge >= 0.3 is 0 Å². The maximum absolute atomic E-state index is 2.84. The minimum Gasteiger partial charge on any atom is -0.346 e. The van der Waals surface area contributed by atoms with Crippen molar-refractivity contribution < 1.29 is 0 Å². The van der Waals surface area contributed by atoms with Crippen LogP contribution in [0.1, 0.15) is 13.8 Å². The molecule has 0 saturated carbocycles. The van der Waals surface area contributed by atoms with Crippen molar-refractivity contribution in [3.63, 3.8) is 0 Å². The summed E-state index contributed by atoms with van der Waals surface area (Å²) in [5, 5.41) is 2.84. The summed E-state index contributed by atoms with van der Waals surface area (Å²) in [6.45, 7) is 4.76. The van der Waals surface area contributed by atoms with Crippen LogP contribution in [0.4, 0.5) is 0 Å². The fourth-order valence-corrected chi connectivity index (χ4v) is 0.177. The molecule has 0 amide bonds. The lowest BCUT2D eigenvalue weighted by atomic mass is 10.7. The minimum atomic E-state index is 0.931. The van der Waals surface area contributed by atoms with E-state index in [2.05, 4.69) is 17.3 Å². The molecule has 0 atom stereocenters. The molecule has 0 spiro atoms. The van der Waals surface area contributed by atoms with Gasteiger partial charge in [-0.05, 0) is 13.8 Å². The second-order valence-corrected chi connectivity index (χ2v) is 0.905. The molecule has 0 aliphatic rings. The van der Waals surface area contributed by atoms with Gasteiger partial charge in [-0.1, -0.05) is 5.92 Å². The third kappa shape index (κ3) is 3.36. The van der Waals surface area contributed by atoms with Gasteiger partial charge < -0.3 is 5.32 Å². The Hall–Kier alpha value is -0.640. The zero-order valence-electron chi connectivity index (χ0n) is 4.21. The largest absolute Gasteiger partial charge is 0.346 e. The molecule has 0 saturated heterocycles. The first-order chi connectivity index (χ1) is 2.91. The van der Waals surface area contributed by atoms with Crippen molar-refractivity contribution in [2.24, 2.45) is 0 Å². The van der Waals surface area contributed by atoms with Gasteiger partial charge in [0, 0.05) is 12.6 Å². The Bertz CT molecular complexity index is 65.7. The molecule has 0 heterocycles. The Labute approximate surface area is 38.7 Å². The number of hydrogen-bond donors (Lipinski definition) is 1. The van der Waals surface area contributed by atoms with Crippen molar-refractivity contribution in [3.8, 4) is 12.0 Å². The van der Waals surface area contributed by atoms with Gasteiger partial charge in [0.2, 0.25) is 0 Å². The first-order valence-electron chi connectivity index (χ1n) is 2.06. The molecule has 6 heavy (non-hydrogen) atoms. The Morgan fingerprint density at radius 3 is 2.50 bits per heavy atom. The van der Waals surface area contributed by atoms with Crippen molar-refractivity contribution in [1.29, 1.82) is 0 Å². The van der Waals surface area contributed by atoms with Gasteiger partial charge in [0.25, 0.3) is 0 Å². The van der Waals surface area contributed by atoms with Crippen LogP contribution in [0.3, 0.4) is 0 Å². The van der Waals surface area contributed by atoms with E-state index < -0.39 is 0 Å². The lowest BCUT2D eigenvalue weighted by Gasteiger charge is -1.80. The summed E-state index contributed by atoms with van der Waals surface area (Å²) >= 11 is 0. The number of nitrogens with one attached hydrogen (secondary N) is 1. The fraction of sp³-hybridized carbons (Fsp3) is 0.600. The zero-order chi connectivity index (χ0) is 4.83.